The van der Waals surface area contributed by atoms with Crippen LogP contribution in [0.3, 0.4) is 0 Å². The van der Waals surface area contributed by atoms with Crippen LogP contribution in [0.5, 0.6) is 0 Å². The fraction of sp³-hybridized carbons (Fsp3) is 0.571. The predicted octanol–water partition coefficient (Wildman–Crippen LogP) is 4.09. The average Bonchev–Trinajstić information content (AvgIpc) is 2.35. The van der Waals surface area contributed by atoms with Crippen LogP contribution in [-0.2, 0) is 0 Å². The average molecular weight is 287 g/mol. The van der Waals surface area contributed by atoms with Gasteiger partial charge >= 0.3 is 0 Å². The van der Waals surface area contributed by atoms with Gasteiger partial charge in [-0.2, -0.15) is 0 Å². The molecular weight excluding hydrogens is 264 g/mol. The molecule has 0 aromatic heterocycles. The van der Waals surface area contributed by atoms with Crippen molar-refractivity contribution in [1.29, 1.82) is 0 Å². The first-order chi connectivity index (χ1) is 8.63. The van der Waals surface area contributed by atoms with E-state index in [9.17, 15) is 0 Å². The van der Waals surface area contributed by atoms with Gasteiger partial charge in [0.2, 0.25) is 0 Å². The highest BCUT2D eigenvalue weighted by Gasteiger charge is 2.09. The molecular formula is C14H23ClN2S. The Hall–Kier alpha value is -0.220. The molecule has 0 heterocycles. The summed E-state index contributed by atoms with van der Waals surface area (Å²) in [6.07, 6.45) is 3.59. The number of hydrazine groups is 1. The molecule has 18 heavy (non-hydrogen) atoms. The number of hydrogen-bond donors (Lipinski definition) is 2. The summed E-state index contributed by atoms with van der Waals surface area (Å²) < 4.78 is 0. The maximum absolute atomic E-state index is 6.12. The smallest absolute Gasteiger partial charge is 0.0541 e. The largest absolute Gasteiger partial charge is 0.271 e. The van der Waals surface area contributed by atoms with Gasteiger partial charge < -0.3 is 0 Å². The Balaban J connectivity index is 2.33. The summed E-state index contributed by atoms with van der Waals surface area (Å²) in [6.45, 7) is 4.51. The first kappa shape index (κ1) is 15.8. The van der Waals surface area contributed by atoms with Crippen molar-refractivity contribution in [3.8, 4) is 0 Å². The van der Waals surface area contributed by atoms with Crippen molar-refractivity contribution in [1.82, 2.24) is 5.43 Å². The van der Waals surface area contributed by atoms with E-state index in [1.165, 1.54) is 12.8 Å². The number of nitrogens with one attached hydrogen (secondary N) is 1. The minimum Gasteiger partial charge on any atom is -0.271 e. The van der Waals surface area contributed by atoms with Gasteiger partial charge in [-0.05, 0) is 24.5 Å². The molecule has 0 aliphatic rings. The van der Waals surface area contributed by atoms with E-state index >= 15 is 0 Å². The molecule has 0 bridgehead atoms. The third-order valence-corrected chi connectivity index (χ3v) is 4.52. The molecule has 1 aromatic rings. The number of thioether (sulfide) groups is 1. The van der Waals surface area contributed by atoms with Crippen LogP contribution in [0.1, 0.15) is 33.1 Å². The van der Waals surface area contributed by atoms with Crippen LogP contribution >= 0.6 is 23.4 Å². The summed E-state index contributed by atoms with van der Waals surface area (Å²) in [5.41, 5.74) is 2.90. The van der Waals surface area contributed by atoms with E-state index in [1.54, 1.807) is 11.8 Å². The Morgan fingerprint density at radius 2 is 2.00 bits per heavy atom. The van der Waals surface area contributed by atoms with Gasteiger partial charge in [-0.15, -0.1) is 11.8 Å². The third kappa shape index (κ3) is 6.10. The van der Waals surface area contributed by atoms with E-state index in [2.05, 4.69) is 25.3 Å². The second kappa shape index (κ2) is 8.81. The van der Waals surface area contributed by atoms with E-state index in [4.69, 9.17) is 17.4 Å². The Labute approximate surface area is 120 Å². The Kier molecular flexibility index (Phi) is 7.75. The Bertz CT molecular complexity index is 344. The lowest BCUT2D eigenvalue weighted by Crippen LogP contribution is -2.37. The van der Waals surface area contributed by atoms with Crippen LogP contribution in [0.25, 0.3) is 0 Å². The summed E-state index contributed by atoms with van der Waals surface area (Å²) in [6, 6.07) is 8.29. The zero-order valence-electron chi connectivity index (χ0n) is 11.2. The SMILES string of the molecule is CC(C)CCCC(CSc1ccccc1Cl)NN. The van der Waals surface area contributed by atoms with E-state index < -0.39 is 0 Å². The molecule has 0 saturated heterocycles. The van der Waals surface area contributed by atoms with Crippen LogP contribution in [0.4, 0.5) is 0 Å². The highest BCUT2D eigenvalue weighted by atomic mass is 35.5. The van der Waals surface area contributed by atoms with Gasteiger partial charge in [0.1, 0.15) is 0 Å². The normalized spacial score (nSPS) is 12.9. The molecule has 102 valence electrons. The van der Waals surface area contributed by atoms with Gasteiger partial charge in [-0.1, -0.05) is 50.4 Å². The van der Waals surface area contributed by atoms with Crippen LogP contribution in [0.2, 0.25) is 5.02 Å². The Morgan fingerprint density at radius 1 is 1.28 bits per heavy atom. The molecule has 0 amide bonds. The lowest BCUT2D eigenvalue weighted by molar-refractivity contribution is 0.469. The van der Waals surface area contributed by atoms with Gasteiger partial charge in [0.25, 0.3) is 0 Å². The Morgan fingerprint density at radius 3 is 2.61 bits per heavy atom. The third-order valence-electron chi connectivity index (χ3n) is 2.85. The second-order valence-corrected chi connectivity index (χ2v) is 6.40. The molecule has 0 saturated carbocycles. The zero-order valence-corrected chi connectivity index (χ0v) is 12.7. The van der Waals surface area contributed by atoms with E-state index in [0.717, 1.165) is 28.0 Å². The number of benzene rings is 1. The van der Waals surface area contributed by atoms with E-state index in [0.29, 0.717) is 6.04 Å². The molecule has 4 heteroatoms. The summed E-state index contributed by atoms with van der Waals surface area (Å²) in [7, 11) is 0. The first-order valence-electron chi connectivity index (χ1n) is 6.47. The van der Waals surface area contributed by atoms with Gasteiger partial charge in [0.15, 0.2) is 0 Å². The van der Waals surface area contributed by atoms with E-state index in [-0.39, 0.29) is 0 Å². The first-order valence-corrected chi connectivity index (χ1v) is 7.83. The predicted molar refractivity (Wildman–Crippen MR) is 82.0 cm³/mol. The summed E-state index contributed by atoms with van der Waals surface area (Å²) in [4.78, 5) is 1.13. The molecule has 0 spiro atoms. The highest BCUT2D eigenvalue weighted by molar-refractivity contribution is 7.99. The van der Waals surface area contributed by atoms with Crippen molar-refractivity contribution >= 4 is 23.4 Å². The maximum atomic E-state index is 6.12. The number of halogens is 1. The monoisotopic (exact) mass is 286 g/mol. The van der Waals surface area contributed by atoms with Crippen molar-refractivity contribution in [2.75, 3.05) is 5.75 Å². The quantitative estimate of drug-likeness (QED) is 0.429. The van der Waals surface area contributed by atoms with Crippen molar-refractivity contribution in [2.24, 2.45) is 11.8 Å². The molecule has 1 unspecified atom stereocenters. The zero-order chi connectivity index (χ0) is 13.4. The van der Waals surface area contributed by atoms with Crippen molar-refractivity contribution in [2.45, 2.75) is 44.0 Å². The maximum Gasteiger partial charge on any atom is 0.0541 e. The lowest BCUT2D eigenvalue weighted by atomic mass is 10.0. The van der Waals surface area contributed by atoms with Gasteiger partial charge in [0, 0.05) is 16.7 Å². The van der Waals surface area contributed by atoms with Crippen LogP contribution in [0, 0.1) is 5.92 Å². The van der Waals surface area contributed by atoms with Gasteiger partial charge in [-0.25, -0.2) is 0 Å². The number of rotatable bonds is 8. The molecule has 0 aliphatic heterocycles. The summed E-state index contributed by atoms with van der Waals surface area (Å²) >= 11 is 7.89. The molecule has 0 fully saturated rings. The van der Waals surface area contributed by atoms with Gasteiger partial charge in [0.05, 0.1) is 5.02 Å². The van der Waals surface area contributed by atoms with Gasteiger partial charge in [-0.3, -0.25) is 11.3 Å². The molecule has 1 atom stereocenters. The topological polar surface area (TPSA) is 38.0 Å². The van der Waals surface area contributed by atoms with Crippen molar-refractivity contribution < 1.29 is 0 Å². The molecule has 1 aromatic carbocycles. The summed E-state index contributed by atoms with van der Waals surface area (Å²) in [5, 5.41) is 0.820. The summed E-state index contributed by atoms with van der Waals surface area (Å²) in [5.74, 6) is 7.32. The molecule has 0 radical (unpaired) electrons. The van der Waals surface area contributed by atoms with Crippen molar-refractivity contribution in [3.63, 3.8) is 0 Å². The molecule has 1 rings (SSSR count). The standard InChI is InChI=1S/C14H23ClN2S/c1-11(2)6-5-7-12(17-16)10-18-14-9-4-3-8-13(14)15/h3-4,8-9,11-12,17H,5-7,10,16H2,1-2H3. The lowest BCUT2D eigenvalue weighted by Gasteiger charge is -2.16. The molecule has 3 N–H and O–H groups in total. The minimum absolute atomic E-state index is 0.352. The van der Waals surface area contributed by atoms with Crippen LogP contribution < -0.4 is 11.3 Å². The fourth-order valence-corrected chi connectivity index (χ4v) is 3.06. The van der Waals surface area contributed by atoms with Crippen molar-refractivity contribution in [3.05, 3.63) is 29.3 Å². The number of hydrogen-bond acceptors (Lipinski definition) is 3. The van der Waals surface area contributed by atoms with Crippen LogP contribution in [-0.4, -0.2) is 11.8 Å². The minimum atomic E-state index is 0.352. The van der Waals surface area contributed by atoms with E-state index in [1.807, 2.05) is 18.2 Å². The number of nitrogens with two attached hydrogens (primary N) is 1. The highest BCUT2D eigenvalue weighted by Crippen LogP contribution is 2.27. The molecule has 0 aliphatic carbocycles. The van der Waals surface area contributed by atoms with Crippen LogP contribution in [0.15, 0.2) is 29.2 Å². The molecule has 2 nitrogen and oxygen atoms in total. The fourth-order valence-electron chi connectivity index (χ4n) is 1.74. The second-order valence-electron chi connectivity index (χ2n) is 4.93.